The highest BCUT2D eigenvalue weighted by Gasteiger charge is 2.42. The number of benzene rings is 1. The summed E-state index contributed by atoms with van der Waals surface area (Å²) >= 11 is 6.10. The molecule has 0 aliphatic heterocycles. The highest BCUT2D eigenvalue weighted by molar-refractivity contribution is 7.88. The maximum Gasteiger partial charge on any atom is 0.208 e. The van der Waals surface area contributed by atoms with Crippen molar-refractivity contribution in [2.75, 3.05) is 12.0 Å². The Balaban J connectivity index is 1.92. The average Bonchev–Trinajstić information content (AvgIpc) is 2.47. The van der Waals surface area contributed by atoms with Gasteiger partial charge in [0.2, 0.25) is 10.0 Å². The number of nitrogen functional groups attached to an aromatic ring is 1. The van der Waals surface area contributed by atoms with Crippen LogP contribution in [0.5, 0.6) is 0 Å². The van der Waals surface area contributed by atoms with Crippen LogP contribution in [0.15, 0.2) is 29.8 Å². The summed E-state index contributed by atoms with van der Waals surface area (Å²) in [5, 5.41) is 1.50. The number of halogens is 1. The number of hydrogen-bond acceptors (Lipinski definition) is 4. The summed E-state index contributed by atoms with van der Waals surface area (Å²) in [6, 6.07) is 5.33. The van der Waals surface area contributed by atoms with Crippen molar-refractivity contribution in [2.24, 2.45) is 5.92 Å². The second-order valence-electron chi connectivity index (χ2n) is 7.15. The number of allylic oxidation sites excluding steroid dienone is 1. The highest BCUT2D eigenvalue weighted by Crippen LogP contribution is 2.47. The van der Waals surface area contributed by atoms with E-state index in [9.17, 15) is 8.42 Å². The Hall–Kier alpha value is -1.63. The molecule has 2 aliphatic rings. The zero-order valence-electron chi connectivity index (χ0n) is 14.1. The van der Waals surface area contributed by atoms with Crippen molar-refractivity contribution in [3.8, 4) is 0 Å². The molecule has 5 nitrogen and oxygen atoms in total. The predicted molar refractivity (Wildman–Crippen MR) is 101 cm³/mol. The Morgan fingerprint density at radius 1 is 1.32 bits per heavy atom. The van der Waals surface area contributed by atoms with Crippen LogP contribution >= 0.6 is 11.6 Å². The normalized spacial score (nSPS) is 25.6. The fraction of sp³-hybridized carbons (Fsp3) is 0.389. The largest absolute Gasteiger partial charge is 0.398 e. The quantitative estimate of drug-likeness (QED) is 0.788. The number of nitrogens with two attached hydrogens (primary N) is 1. The number of hydrogen-bond donors (Lipinski definition) is 2. The topological polar surface area (TPSA) is 85.1 Å². The third-order valence-corrected chi connectivity index (χ3v) is 6.13. The van der Waals surface area contributed by atoms with Crippen molar-refractivity contribution in [2.45, 2.75) is 31.7 Å². The van der Waals surface area contributed by atoms with E-state index in [1.54, 1.807) is 6.07 Å². The van der Waals surface area contributed by atoms with E-state index in [2.05, 4.69) is 17.7 Å². The standard InChI is InChI=1S/C18H20ClN3O2S/c1-9-5-10-7-15-16(13(6-9)18(10)22-25(2,23)24)17(20)12-4-3-11(19)8-14(12)21-15/h3-5,8,10,13,18,22H,6-7H2,1-2H3,(H2,20,21)/t10-,13+,18-/m0/s1. The lowest BCUT2D eigenvalue weighted by Gasteiger charge is -2.42. The van der Waals surface area contributed by atoms with Gasteiger partial charge in [-0.3, -0.25) is 4.98 Å². The van der Waals surface area contributed by atoms with Gasteiger partial charge in [0.25, 0.3) is 0 Å². The smallest absolute Gasteiger partial charge is 0.208 e. The molecule has 0 fully saturated rings. The lowest BCUT2D eigenvalue weighted by atomic mass is 9.68. The van der Waals surface area contributed by atoms with E-state index in [1.807, 2.05) is 12.1 Å². The van der Waals surface area contributed by atoms with Gasteiger partial charge in [0, 0.05) is 39.3 Å². The van der Waals surface area contributed by atoms with E-state index in [0.717, 1.165) is 28.6 Å². The molecule has 0 saturated heterocycles. The highest BCUT2D eigenvalue weighted by atomic mass is 35.5. The van der Waals surface area contributed by atoms with Crippen molar-refractivity contribution in [3.63, 3.8) is 0 Å². The van der Waals surface area contributed by atoms with E-state index in [0.29, 0.717) is 17.1 Å². The first-order valence-corrected chi connectivity index (χ1v) is 10.5. The van der Waals surface area contributed by atoms with Gasteiger partial charge in [0.15, 0.2) is 0 Å². The van der Waals surface area contributed by atoms with E-state index in [4.69, 9.17) is 22.3 Å². The molecule has 4 rings (SSSR count). The van der Waals surface area contributed by atoms with Crippen LogP contribution in [0.25, 0.3) is 10.9 Å². The van der Waals surface area contributed by atoms with Gasteiger partial charge in [0.05, 0.1) is 11.8 Å². The Bertz CT molecular complexity index is 1020. The summed E-state index contributed by atoms with van der Waals surface area (Å²) in [4.78, 5) is 4.80. The van der Waals surface area contributed by atoms with Crippen molar-refractivity contribution in [1.82, 2.24) is 9.71 Å². The Morgan fingerprint density at radius 3 is 2.80 bits per heavy atom. The monoisotopic (exact) mass is 377 g/mol. The molecule has 0 saturated carbocycles. The fourth-order valence-electron chi connectivity index (χ4n) is 4.32. The molecule has 132 valence electrons. The number of sulfonamides is 1. The van der Waals surface area contributed by atoms with E-state index >= 15 is 0 Å². The van der Waals surface area contributed by atoms with E-state index in [-0.39, 0.29) is 17.9 Å². The van der Waals surface area contributed by atoms with Gasteiger partial charge in [-0.1, -0.05) is 23.3 Å². The predicted octanol–water partition coefficient (Wildman–Crippen LogP) is 2.99. The van der Waals surface area contributed by atoms with Crippen LogP contribution in [0.4, 0.5) is 5.69 Å². The molecule has 2 aromatic rings. The molecule has 7 heteroatoms. The van der Waals surface area contributed by atoms with Crippen LogP contribution < -0.4 is 10.5 Å². The van der Waals surface area contributed by atoms with Crippen LogP contribution in [-0.2, 0) is 16.4 Å². The van der Waals surface area contributed by atoms with E-state index < -0.39 is 10.0 Å². The van der Waals surface area contributed by atoms with Crippen molar-refractivity contribution in [1.29, 1.82) is 0 Å². The number of nitrogens with one attached hydrogen (secondary N) is 1. The Morgan fingerprint density at radius 2 is 2.08 bits per heavy atom. The minimum Gasteiger partial charge on any atom is -0.398 e. The summed E-state index contributed by atoms with van der Waals surface area (Å²) in [6.45, 7) is 2.09. The molecule has 1 heterocycles. The number of rotatable bonds is 2. The number of fused-ring (bicyclic) bond motifs is 5. The molecule has 3 N–H and O–H groups in total. The lowest BCUT2D eigenvalue weighted by Crippen LogP contribution is -2.48. The Labute approximate surface area is 152 Å². The summed E-state index contributed by atoms with van der Waals surface area (Å²) < 4.78 is 26.6. The summed E-state index contributed by atoms with van der Waals surface area (Å²) in [5.74, 6) is 0.0885. The number of aromatic nitrogens is 1. The second kappa shape index (κ2) is 5.69. The minimum atomic E-state index is -3.30. The first-order valence-electron chi connectivity index (χ1n) is 8.25. The molecule has 1 aromatic carbocycles. The third kappa shape index (κ3) is 2.92. The first kappa shape index (κ1) is 16.8. The molecule has 2 bridgehead atoms. The first-order chi connectivity index (χ1) is 11.7. The minimum absolute atomic E-state index is 0.000975. The van der Waals surface area contributed by atoms with Gasteiger partial charge in [-0.15, -0.1) is 0 Å². The second-order valence-corrected chi connectivity index (χ2v) is 9.37. The van der Waals surface area contributed by atoms with Crippen LogP contribution in [0, 0.1) is 5.92 Å². The number of pyridine rings is 1. The van der Waals surface area contributed by atoms with E-state index in [1.165, 1.54) is 11.8 Å². The van der Waals surface area contributed by atoms with Gasteiger partial charge in [-0.2, -0.15) is 0 Å². The number of nitrogens with zero attached hydrogens (tertiary/aromatic N) is 1. The molecule has 0 spiro atoms. The van der Waals surface area contributed by atoms with Gasteiger partial charge in [-0.05, 0) is 43.9 Å². The van der Waals surface area contributed by atoms with Crippen LogP contribution in [0.3, 0.4) is 0 Å². The maximum atomic E-state index is 11.9. The average molecular weight is 378 g/mol. The number of anilines is 1. The van der Waals surface area contributed by atoms with Crippen molar-refractivity contribution < 1.29 is 8.42 Å². The zero-order chi connectivity index (χ0) is 17.9. The molecular weight excluding hydrogens is 358 g/mol. The molecule has 3 atom stereocenters. The van der Waals surface area contributed by atoms with Crippen LogP contribution in [0.1, 0.15) is 30.5 Å². The van der Waals surface area contributed by atoms with Crippen molar-refractivity contribution in [3.05, 3.63) is 46.1 Å². The zero-order valence-corrected chi connectivity index (χ0v) is 15.7. The molecule has 1 aromatic heterocycles. The molecule has 0 amide bonds. The Kier molecular flexibility index (Phi) is 3.83. The summed E-state index contributed by atoms with van der Waals surface area (Å²) in [6.07, 6.45) is 4.83. The van der Waals surface area contributed by atoms with Crippen LogP contribution in [-0.4, -0.2) is 25.7 Å². The van der Waals surface area contributed by atoms with Gasteiger partial charge < -0.3 is 5.73 Å². The summed E-state index contributed by atoms with van der Waals surface area (Å²) in [5.41, 5.74) is 11.2. The fourth-order valence-corrected chi connectivity index (χ4v) is 5.32. The summed E-state index contributed by atoms with van der Waals surface area (Å²) in [7, 11) is -3.30. The lowest BCUT2D eigenvalue weighted by molar-refractivity contribution is 0.340. The maximum absolute atomic E-state index is 11.9. The molecule has 2 aliphatic carbocycles. The van der Waals surface area contributed by atoms with Gasteiger partial charge >= 0.3 is 0 Å². The molecule has 0 unspecified atom stereocenters. The SMILES string of the molecule is CC1=C[C@H]2Cc3nc4cc(Cl)ccc4c(N)c3[C@@H](C1)[C@H]2NS(C)(=O)=O. The van der Waals surface area contributed by atoms with Gasteiger partial charge in [-0.25, -0.2) is 13.1 Å². The van der Waals surface area contributed by atoms with Crippen LogP contribution in [0.2, 0.25) is 5.02 Å². The van der Waals surface area contributed by atoms with Gasteiger partial charge in [0.1, 0.15) is 0 Å². The third-order valence-electron chi connectivity index (χ3n) is 5.19. The molecular formula is C18H20ClN3O2S. The molecule has 25 heavy (non-hydrogen) atoms. The molecule has 0 radical (unpaired) electrons. The van der Waals surface area contributed by atoms with Crippen molar-refractivity contribution >= 4 is 38.2 Å².